The minimum absolute atomic E-state index is 0.0941. The number of phenols is 3. The standard InChI is InChI=1S/C27H30O15/c28-6-12-17(32)21(36)23(38)26(41-12)15-19(34)14-10(31)5-11(8-1-3-9(30)4-2-8)40-25(14)16(20(15)35)27-24(39)22(37)18(33)13(7-29)42-27/h1-5,12-13,17-18,21-24,26-30,32-39H,6-7H2/t12-,13-,17+,18+,21-,22-,23-,24-,26+,27-/m0/s1. The fraction of sp³-hybridized carbons (Fsp3) is 0.444. The van der Waals surface area contributed by atoms with Crippen molar-refractivity contribution in [3.05, 3.63) is 51.7 Å². The number of aliphatic hydroxyl groups excluding tert-OH is 8. The van der Waals surface area contributed by atoms with E-state index in [1.165, 1.54) is 24.3 Å². The van der Waals surface area contributed by atoms with Gasteiger partial charge in [-0.2, -0.15) is 0 Å². The fourth-order valence-electron chi connectivity index (χ4n) is 5.39. The molecular formula is C27H30O15. The molecule has 2 aliphatic heterocycles. The van der Waals surface area contributed by atoms with E-state index in [0.717, 1.165) is 6.07 Å². The molecule has 10 atom stereocenters. The van der Waals surface area contributed by atoms with E-state index < -0.39 is 113 Å². The maximum atomic E-state index is 13.5. The van der Waals surface area contributed by atoms with E-state index in [4.69, 9.17) is 13.9 Å². The predicted octanol–water partition coefficient (Wildman–Crippen LogP) is -2.39. The second-order valence-electron chi connectivity index (χ2n) is 10.2. The Labute approximate surface area is 235 Å². The van der Waals surface area contributed by atoms with Crippen LogP contribution in [0, 0.1) is 0 Å². The summed E-state index contributed by atoms with van der Waals surface area (Å²) in [5.41, 5.74) is -2.48. The molecule has 0 spiro atoms. The minimum Gasteiger partial charge on any atom is -0.508 e. The first-order valence-electron chi connectivity index (χ1n) is 12.9. The number of hydrogen-bond acceptors (Lipinski definition) is 15. The van der Waals surface area contributed by atoms with Crippen LogP contribution in [0.25, 0.3) is 22.3 Å². The van der Waals surface area contributed by atoms with Gasteiger partial charge >= 0.3 is 0 Å². The van der Waals surface area contributed by atoms with Gasteiger partial charge in [0.25, 0.3) is 0 Å². The van der Waals surface area contributed by atoms with E-state index in [-0.39, 0.29) is 17.1 Å². The molecule has 2 fully saturated rings. The first kappa shape index (κ1) is 30.1. The largest absolute Gasteiger partial charge is 0.508 e. The molecule has 3 heterocycles. The van der Waals surface area contributed by atoms with Crippen molar-refractivity contribution < 1.29 is 70.1 Å². The number of aromatic hydroxyl groups is 3. The van der Waals surface area contributed by atoms with Crippen LogP contribution < -0.4 is 5.43 Å². The topological polar surface area (TPSA) is 271 Å². The number of hydrogen-bond donors (Lipinski definition) is 11. The van der Waals surface area contributed by atoms with Gasteiger partial charge in [-0.25, -0.2) is 0 Å². The lowest BCUT2D eigenvalue weighted by molar-refractivity contribution is -0.234. The van der Waals surface area contributed by atoms with E-state index in [2.05, 4.69) is 0 Å². The summed E-state index contributed by atoms with van der Waals surface area (Å²) in [4.78, 5) is 13.5. The zero-order valence-electron chi connectivity index (χ0n) is 21.6. The van der Waals surface area contributed by atoms with Crippen LogP contribution >= 0.6 is 0 Å². The summed E-state index contributed by atoms with van der Waals surface area (Å²) in [5, 5.41) is 114. The van der Waals surface area contributed by atoms with Crippen LogP contribution in [-0.2, 0) is 9.47 Å². The lowest BCUT2D eigenvalue weighted by atomic mass is 9.85. The van der Waals surface area contributed by atoms with Crippen LogP contribution in [-0.4, -0.2) is 118 Å². The van der Waals surface area contributed by atoms with Crippen molar-refractivity contribution in [2.75, 3.05) is 13.2 Å². The van der Waals surface area contributed by atoms with Crippen LogP contribution in [0.1, 0.15) is 23.3 Å². The minimum atomic E-state index is -2.02. The third-order valence-corrected chi connectivity index (χ3v) is 7.70. The molecule has 0 bridgehead atoms. The average molecular weight is 595 g/mol. The Kier molecular flexibility index (Phi) is 8.16. The zero-order chi connectivity index (χ0) is 30.6. The van der Waals surface area contributed by atoms with Crippen molar-refractivity contribution >= 4 is 11.0 Å². The fourth-order valence-corrected chi connectivity index (χ4v) is 5.39. The Morgan fingerprint density at radius 3 is 1.64 bits per heavy atom. The van der Waals surface area contributed by atoms with E-state index in [0.29, 0.717) is 0 Å². The summed E-state index contributed by atoms with van der Waals surface area (Å²) in [6, 6.07) is 6.37. The van der Waals surface area contributed by atoms with E-state index in [1.807, 2.05) is 0 Å². The van der Waals surface area contributed by atoms with Crippen LogP contribution in [0.3, 0.4) is 0 Å². The van der Waals surface area contributed by atoms with Gasteiger partial charge in [-0.05, 0) is 24.3 Å². The van der Waals surface area contributed by atoms with Gasteiger partial charge in [-0.1, -0.05) is 0 Å². The van der Waals surface area contributed by atoms with Crippen LogP contribution in [0.5, 0.6) is 17.2 Å². The highest BCUT2D eigenvalue weighted by atomic mass is 16.6. The Balaban J connectivity index is 1.82. The lowest BCUT2D eigenvalue weighted by Crippen LogP contribution is -2.55. The van der Waals surface area contributed by atoms with Gasteiger partial charge < -0.3 is 70.1 Å². The van der Waals surface area contributed by atoms with Gasteiger partial charge in [0, 0.05) is 11.6 Å². The molecule has 1 aromatic heterocycles. The first-order chi connectivity index (χ1) is 19.9. The molecule has 3 aromatic rings. The Morgan fingerprint density at radius 2 is 1.14 bits per heavy atom. The molecule has 0 amide bonds. The molecular weight excluding hydrogens is 564 g/mol. The molecule has 15 nitrogen and oxygen atoms in total. The second-order valence-corrected chi connectivity index (χ2v) is 10.2. The molecule has 0 unspecified atom stereocenters. The second kappa shape index (κ2) is 11.4. The summed E-state index contributed by atoms with van der Waals surface area (Å²) in [7, 11) is 0. The number of benzene rings is 2. The van der Waals surface area contributed by atoms with Gasteiger partial charge in [-0.3, -0.25) is 4.79 Å². The first-order valence-corrected chi connectivity index (χ1v) is 12.9. The molecule has 42 heavy (non-hydrogen) atoms. The zero-order valence-corrected chi connectivity index (χ0v) is 21.6. The normalized spacial score (nSPS) is 33.6. The molecule has 228 valence electrons. The third-order valence-electron chi connectivity index (χ3n) is 7.70. The molecule has 11 N–H and O–H groups in total. The third kappa shape index (κ3) is 4.79. The van der Waals surface area contributed by atoms with Crippen LogP contribution in [0.15, 0.2) is 39.5 Å². The van der Waals surface area contributed by atoms with Crippen LogP contribution in [0.2, 0.25) is 0 Å². The summed E-state index contributed by atoms with van der Waals surface area (Å²) in [6.07, 6.45) is -18.2. The van der Waals surface area contributed by atoms with E-state index >= 15 is 0 Å². The average Bonchev–Trinajstić information content (AvgIpc) is 2.97. The molecule has 2 aliphatic rings. The molecule has 15 heteroatoms. The van der Waals surface area contributed by atoms with Gasteiger partial charge in [0.05, 0.1) is 24.3 Å². The van der Waals surface area contributed by atoms with E-state index in [9.17, 15) is 61.0 Å². The van der Waals surface area contributed by atoms with Crippen molar-refractivity contribution in [1.29, 1.82) is 0 Å². The van der Waals surface area contributed by atoms with Crippen molar-refractivity contribution in [2.45, 2.75) is 61.0 Å². The Morgan fingerprint density at radius 1 is 0.643 bits per heavy atom. The molecule has 0 radical (unpaired) electrons. The summed E-state index contributed by atoms with van der Waals surface area (Å²) < 4.78 is 17.0. The highest BCUT2D eigenvalue weighted by molar-refractivity contribution is 5.92. The lowest BCUT2D eigenvalue weighted by Gasteiger charge is -2.42. The van der Waals surface area contributed by atoms with Gasteiger partial charge in [0.15, 0.2) is 11.0 Å². The van der Waals surface area contributed by atoms with Crippen LogP contribution in [0.4, 0.5) is 0 Å². The quantitative estimate of drug-likeness (QED) is 0.147. The van der Waals surface area contributed by atoms with Crippen molar-refractivity contribution in [1.82, 2.24) is 0 Å². The maximum absolute atomic E-state index is 13.5. The number of rotatable bonds is 5. The maximum Gasteiger partial charge on any atom is 0.197 e. The van der Waals surface area contributed by atoms with Crippen molar-refractivity contribution in [3.63, 3.8) is 0 Å². The van der Waals surface area contributed by atoms with Gasteiger partial charge in [0.1, 0.15) is 89.4 Å². The molecule has 0 aliphatic carbocycles. The molecule has 2 aromatic carbocycles. The predicted molar refractivity (Wildman–Crippen MR) is 138 cm³/mol. The Hall–Kier alpha value is -3.35. The SMILES string of the molecule is O=c1cc(-c2ccc(O)cc2)oc2c([C@@H]3O[C@@H](CO)[C@@H](O)[C@H](O)[C@@H]3O)c(O)c([C@H]3O[C@@H](CO)[C@@H](O)[C@H](O)[C@@H]3O)c(O)c12. The van der Waals surface area contributed by atoms with Crippen molar-refractivity contribution in [3.8, 4) is 28.6 Å². The number of aliphatic hydroxyl groups is 8. The van der Waals surface area contributed by atoms with E-state index in [1.54, 1.807) is 0 Å². The molecule has 5 rings (SSSR count). The van der Waals surface area contributed by atoms with Gasteiger partial charge in [0.2, 0.25) is 0 Å². The van der Waals surface area contributed by atoms with Gasteiger partial charge in [-0.15, -0.1) is 0 Å². The molecule has 0 saturated carbocycles. The van der Waals surface area contributed by atoms with Crippen molar-refractivity contribution in [2.24, 2.45) is 0 Å². The summed E-state index contributed by atoms with van der Waals surface area (Å²) >= 11 is 0. The monoisotopic (exact) mass is 594 g/mol. The summed E-state index contributed by atoms with van der Waals surface area (Å²) in [5.74, 6) is -2.20. The Bertz CT molecular complexity index is 1500. The number of ether oxygens (including phenoxy) is 2. The smallest absolute Gasteiger partial charge is 0.197 e. The number of fused-ring (bicyclic) bond motifs is 1. The number of phenolic OH excluding ortho intramolecular Hbond substituents is 3. The molecule has 2 saturated heterocycles. The highest BCUT2D eigenvalue weighted by Crippen LogP contribution is 2.51. The highest BCUT2D eigenvalue weighted by Gasteiger charge is 2.50. The summed E-state index contributed by atoms with van der Waals surface area (Å²) in [6.45, 7) is -1.70.